The Bertz CT molecular complexity index is 1220. The van der Waals surface area contributed by atoms with Gasteiger partial charge >= 0.3 is 5.69 Å². The van der Waals surface area contributed by atoms with E-state index >= 15 is 0 Å². The van der Waals surface area contributed by atoms with Gasteiger partial charge in [-0.15, -0.1) is 11.3 Å². The monoisotopic (exact) mass is 477 g/mol. The Balaban J connectivity index is 1.65. The van der Waals surface area contributed by atoms with Crippen molar-refractivity contribution in [2.75, 3.05) is 34.3 Å². The summed E-state index contributed by atoms with van der Waals surface area (Å²) in [5.74, 6) is 1.40. The van der Waals surface area contributed by atoms with Crippen molar-refractivity contribution >= 4 is 21.5 Å². The Morgan fingerprint density at radius 1 is 1.19 bits per heavy atom. The Labute approximate surface area is 191 Å². The third-order valence-electron chi connectivity index (χ3n) is 5.66. The van der Waals surface area contributed by atoms with Gasteiger partial charge in [-0.1, -0.05) is 12.1 Å². The lowest BCUT2D eigenvalue weighted by Crippen LogP contribution is -2.44. The van der Waals surface area contributed by atoms with Gasteiger partial charge in [0, 0.05) is 33.1 Å². The molecular formula is C21H27N5O4S2. The van der Waals surface area contributed by atoms with Crippen molar-refractivity contribution < 1.29 is 13.2 Å². The quantitative estimate of drug-likeness (QED) is 0.520. The van der Waals surface area contributed by atoms with Gasteiger partial charge in [-0.3, -0.25) is 0 Å². The second-order valence-electron chi connectivity index (χ2n) is 7.90. The Morgan fingerprint density at radius 2 is 1.94 bits per heavy atom. The van der Waals surface area contributed by atoms with E-state index in [4.69, 9.17) is 9.84 Å². The minimum Gasteiger partial charge on any atom is -0.497 e. The summed E-state index contributed by atoms with van der Waals surface area (Å²) in [5, 5.41) is 7.46. The fraction of sp³-hybridized carbons (Fsp3) is 0.429. The first-order valence-electron chi connectivity index (χ1n) is 10.4. The molecule has 0 amide bonds. The molecule has 0 spiro atoms. The average molecular weight is 478 g/mol. The SMILES string of the molecule is COc1cccc(Cn2nc(C3CCN(S(=O)(=O)N(C)C)CC3)n(-c3cccs3)c2=O)c1. The van der Waals surface area contributed by atoms with Crippen molar-refractivity contribution in [1.82, 2.24) is 23.0 Å². The Kier molecular flexibility index (Phi) is 6.52. The lowest BCUT2D eigenvalue weighted by molar-refractivity contribution is 0.295. The summed E-state index contributed by atoms with van der Waals surface area (Å²) in [5.41, 5.74) is 0.717. The standard InChI is InChI=1S/C21H27N5O4S2/c1-23(2)32(28,29)24-11-9-17(10-12-24)20-22-25(15-16-6-4-7-18(14-16)30-3)21(27)26(20)19-8-5-13-31-19/h4-8,13-14,17H,9-12,15H2,1-3H3. The molecule has 0 aliphatic carbocycles. The van der Waals surface area contributed by atoms with Crippen LogP contribution in [0.3, 0.4) is 0 Å². The fourth-order valence-corrected chi connectivity index (χ4v) is 5.78. The van der Waals surface area contributed by atoms with Crippen LogP contribution in [0, 0.1) is 0 Å². The molecule has 0 N–H and O–H groups in total. The van der Waals surface area contributed by atoms with Crippen LogP contribution in [0.2, 0.25) is 0 Å². The second-order valence-corrected chi connectivity index (χ2v) is 11.0. The molecule has 1 aliphatic rings. The molecule has 0 saturated carbocycles. The van der Waals surface area contributed by atoms with Crippen LogP contribution in [0.1, 0.15) is 30.1 Å². The van der Waals surface area contributed by atoms with Gasteiger partial charge in [0.2, 0.25) is 0 Å². The molecule has 32 heavy (non-hydrogen) atoms. The van der Waals surface area contributed by atoms with Gasteiger partial charge in [0.25, 0.3) is 10.2 Å². The number of piperidine rings is 1. The highest BCUT2D eigenvalue weighted by Gasteiger charge is 2.33. The van der Waals surface area contributed by atoms with Gasteiger partial charge in [-0.05, 0) is 48.1 Å². The van der Waals surface area contributed by atoms with Crippen LogP contribution in [0.15, 0.2) is 46.6 Å². The molecule has 1 fully saturated rings. The van der Waals surface area contributed by atoms with Gasteiger partial charge in [-0.2, -0.15) is 22.1 Å². The zero-order valence-electron chi connectivity index (χ0n) is 18.3. The molecule has 9 nitrogen and oxygen atoms in total. The van der Waals surface area contributed by atoms with E-state index in [1.165, 1.54) is 38.7 Å². The molecule has 2 aromatic heterocycles. The molecule has 0 bridgehead atoms. The van der Waals surface area contributed by atoms with Gasteiger partial charge in [-0.25, -0.2) is 14.0 Å². The first-order chi connectivity index (χ1) is 15.3. The first kappa shape index (κ1) is 22.7. The molecule has 0 unspecified atom stereocenters. The van der Waals surface area contributed by atoms with Crippen molar-refractivity contribution in [2.24, 2.45) is 0 Å². The molecule has 0 atom stereocenters. The topological polar surface area (TPSA) is 89.7 Å². The number of benzene rings is 1. The van der Waals surface area contributed by atoms with Crippen LogP contribution in [0.5, 0.6) is 5.75 Å². The number of thiophene rings is 1. The van der Waals surface area contributed by atoms with Gasteiger partial charge in [0.1, 0.15) is 16.6 Å². The number of methoxy groups -OCH3 is 1. The van der Waals surface area contributed by atoms with E-state index in [2.05, 4.69) is 0 Å². The number of nitrogens with zero attached hydrogens (tertiary/aromatic N) is 5. The number of hydrogen-bond donors (Lipinski definition) is 0. The van der Waals surface area contributed by atoms with Gasteiger partial charge < -0.3 is 4.74 Å². The number of ether oxygens (including phenoxy) is 1. The van der Waals surface area contributed by atoms with Crippen LogP contribution in [0.25, 0.3) is 5.00 Å². The fourth-order valence-electron chi connectivity index (χ4n) is 3.92. The molecule has 11 heteroatoms. The van der Waals surface area contributed by atoms with Crippen molar-refractivity contribution in [2.45, 2.75) is 25.3 Å². The van der Waals surface area contributed by atoms with Crippen LogP contribution >= 0.6 is 11.3 Å². The summed E-state index contributed by atoms with van der Waals surface area (Å²) in [7, 11) is 1.24. The zero-order chi connectivity index (χ0) is 22.9. The van der Waals surface area contributed by atoms with E-state index in [-0.39, 0.29) is 11.6 Å². The molecule has 4 rings (SSSR count). The predicted octanol–water partition coefficient (Wildman–Crippen LogP) is 2.14. The lowest BCUT2D eigenvalue weighted by Gasteiger charge is -2.32. The molecule has 0 radical (unpaired) electrons. The van der Waals surface area contributed by atoms with Gasteiger partial charge in [0.15, 0.2) is 0 Å². The third-order valence-corrected chi connectivity index (χ3v) is 8.46. The maximum atomic E-state index is 13.3. The van der Waals surface area contributed by atoms with Crippen LogP contribution in [0.4, 0.5) is 0 Å². The number of hydrogen-bond acceptors (Lipinski definition) is 6. The smallest absolute Gasteiger partial charge is 0.351 e. The minimum atomic E-state index is -3.45. The predicted molar refractivity (Wildman–Crippen MR) is 124 cm³/mol. The molecule has 1 saturated heterocycles. The average Bonchev–Trinajstić information content (AvgIpc) is 3.42. The third kappa shape index (κ3) is 4.38. The summed E-state index contributed by atoms with van der Waals surface area (Å²) in [6.45, 7) is 1.12. The molecule has 3 heterocycles. The van der Waals surface area contributed by atoms with Crippen molar-refractivity contribution in [3.05, 3.63) is 63.7 Å². The largest absolute Gasteiger partial charge is 0.497 e. The maximum absolute atomic E-state index is 13.3. The highest BCUT2D eigenvalue weighted by Crippen LogP contribution is 2.30. The van der Waals surface area contributed by atoms with Crippen LogP contribution in [-0.2, 0) is 16.8 Å². The van der Waals surface area contributed by atoms with Crippen LogP contribution in [-0.4, -0.2) is 65.7 Å². The number of rotatable bonds is 7. The maximum Gasteiger partial charge on any atom is 0.351 e. The van der Waals surface area contributed by atoms with E-state index in [0.29, 0.717) is 38.3 Å². The summed E-state index contributed by atoms with van der Waals surface area (Å²) in [6.07, 6.45) is 1.21. The van der Waals surface area contributed by atoms with Crippen LogP contribution < -0.4 is 10.4 Å². The van der Waals surface area contributed by atoms with Gasteiger partial charge in [0.05, 0.1) is 13.7 Å². The Morgan fingerprint density at radius 3 is 2.56 bits per heavy atom. The number of aromatic nitrogens is 3. The zero-order valence-corrected chi connectivity index (χ0v) is 20.0. The summed E-state index contributed by atoms with van der Waals surface area (Å²) < 4.78 is 36.1. The van der Waals surface area contributed by atoms with E-state index in [9.17, 15) is 13.2 Å². The highest BCUT2D eigenvalue weighted by molar-refractivity contribution is 7.86. The summed E-state index contributed by atoms with van der Waals surface area (Å²) in [6, 6.07) is 11.4. The van der Waals surface area contributed by atoms with E-state index in [1.54, 1.807) is 11.7 Å². The van der Waals surface area contributed by atoms with E-state index < -0.39 is 10.2 Å². The Hall–Kier alpha value is -2.47. The molecular weight excluding hydrogens is 450 g/mol. The minimum absolute atomic E-state index is 0.00929. The van der Waals surface area contributed by atoms with E-state index in [0.717, 1.165) is 16.3 Å². The lowest BCUT2D eigenvalue weighted by atomic mass is 9.97. The summed E-state index contributed by atoms with van der Waals surface area (Å²) >= 11 is 1.48. The normalized spacial score (nSPS) is 16.0. The molecule has 172 valence electrons. The van der Waals surface area contributed by atoms with Crippen molar-refractivity contribution in [1.29, 1.82) is 0 Å². The molecule has 1 aliphatic heterocycles. The highest BCUT2D eigenvalue weighted by atomic mass is 32.2. The summed E-state index contributed by atoms with van der Waals surface area (Å²) in [4.78, 5) is 13.3. The molecule has 3 aromatic rings. The molecule has 1 aromatic carbocycles. The van der Waals surface area contributed by atoms with Crippen molar-refractivity contribution in [3.63, 3.8) is 0 Å². The first-order valence-corrected chi connectivity index (χ1v) is 12.6. The van der Waals surface area contributed by atoms with Crippen molar-refractivity contribution in [3.8, 4) is 10.8 Å². The van der Waals surface area contributed by atoms with E-state index in [1.807, 2.05) is 41.8 Å². The second kappa shape index (κ2) is 9.18.